The highest BCUT2D eigenvalue weighted by molar-refractivity contribution is 5.95. The molecule has 1 aliphatic carbocycles. The molecule has 3 aliphatic rings. The van der Waals surface area contributed by atoms with Crippen LogP contribution in [0.2, 0.25) is 0 Å². The predicted molar refractivity (Wildman–Crippen MR) is 75.5 cm³/mol. The van der Waals surface area contributed by atoms with Crippen LogP contribution in [0.3, 0.4) is 0 Å². The lowest BCUT2D eigenvalue weighted by atomic mass is 10.2. The number of ether oxygens (including phenoxy) is 3. The molecule has 2 aliphatic heterocycles. The summed E-state index contributed by atoms with van der Waals surface area (Å²) in [5, 5.41) is 0. The van der Waals surface area contributed by atoms with Crippen LogP contribution in [0.4, 0.5) is 0 Å². The molecule has 0 radical (unpaired) electrons. The van der Waals surface area contributed by atoms with Crippen molar-refractivity contribution >= 4 is 5.91 Å². The third-order valence-corrected chi connectivity index (χ3v) is 4.32. The highest BCUT2D eigenvalue weighted by Crippen LogP contribution is 2.33. The van der Waals surface area contributed by atoms with Crippen molar-refractivity contribution in [1.29, 1.82) is 0 Å². The number of fused-ring (bicyclic) bond motifs is 1. The molecule has 112 valence electrons. The van der Waals surface area contributed by atoms with Gasteiger partial charge in [0, 0.05) is 25.3 Å². The van der Waals surface area contributed by atoms with E-state index in [-0.39, 0.29) is 18.8 Å². The number of carbonyl (C=O) groups is 1. The summed E-state index contributed by atoms with van der Waals surface area (Å²) in [6.45, 7) is 2.55. The van der Waals surface area contributed by atoms with Gasteiger partial charge in [-0.1, -0.05) is 0 Å². The minimum atomic E-state index is 0.0471. The number of likely N-dealkylation sites (tertiary alicyclic amines) is 1. The zero-order valence-corrected chi connectivity index (χ0v) is 11.9. The topological polar surface area (TPSA) is 48.0 Å². The van der Waals surface area contributed by atoms with Gasteiger partial charge in [0.2, 0.25) is 6.79 Å². The molecule has 0 N–H and O–H groups in total. The van der Waals surface area contributed by atoms with Crippen molar-refractivity contribution in [2.75, 3.05) is 26.5 Å². The summed E-state index contributed by atoms with van der Waals surface area (Å²) in [5.74, 6) is 2.18. The third kappa shape index (κ3) is 2.70. The van der Waals surface area contributed by atoms with E-state index in [2.05, 4.69) is 0 Å². The van der Waals surface area contributed by atoms with Gasteiger partial charge in [0.05, 0.1) is 6.10 Å². The first-order chi connectivity index (χ1) is 10.3. The fourth-order valence-corrected chi connectivity index (χ4v) is 2.82. The Morgan fingerprint density at radius 3 is 2.95 bits per heavy atom. The number of nitrogens with zero attached hydrogens (tertiary/aromatic N) is 1. The molecule has 1 amide bonds. The molecule has 1 aromatic carbocycles. The molecule has 21 heavy (non-hydrogen) atoms. The zero-order valence-electron chi connectivity index (χ0n) is 11.9. The molecule has 0 unspecified atom stereocenters. The predicted octanol–water partition coefficient (Wildman–Crippen LogP) is 2.06. The van der Waals surface area contributed by atoms with Crippen LogP contribution in [-0.4, -0.2) is 43.4 Å². The van der Waals surface area contributed by atoms with Crippen LogP contribution in [0.1, 0.15) is 29.6 Å². The van der Waals surface area contributed by atoms with Gasteiger partial charge in [-0.15, -0.1) is 0 Å². The first kappa shape index (κ1) is 13.0. The van der Waals surface area contributed by atoms with Crippen LogP contribution in [-0.2, 0) is 4.74 Å². The Balaban J connectivity index is 1.38. The first-order valence-corrected chi connectivity index (χ1v) is 7.60. The smallest absolute Gasteiger partial charge is 0.254 e. The van der Waals surface area contributed by atoms with Crippen molar-refractivity contribution in [3.05, 3.63) is 23.8 Å². The third-order valence-electron chi connectivity index (χ3n) is 4.32. The Bertz CT molecular complexity index is 555. The molecule has 2 heterocycles. The monoisotopic (exact) mass is 289 g/mol. The van der Waals surface area contributed by atoms with Crippen LogP contribution >= 0.6 is 0 Å². The summed E-state index contributed by atoms with van der Waals surface area (Å²) in [5.41, 5.74) is 0.655. The minimum absolute atomic E-state index is 0.0471. The van der Waals surface area contributed by atoms with Crippen LogP contribution in [0.15, 0.2) is 18.2 Å². The lowest BCUT2D eigenvalue weighted by Gasteiger charge is -2.17. The molecule has 5 nitrogen and oxygen atoms in total. The summed E-state index contributed by atoms with van der Waals surface area (Å²) in [7, 11) is 0. The second kappa shape index (κ2) is 5.22. The maximum atomic E-state index is 12.5. The summed E-state index contributed by atoms with van der Waals surface area (Å²) >= 11 is 0. The van der Waals surface area contributed by atoms with E-state index >= 15 is 0 Å². The van der Waals surface area contributed by atoms with Gasteiger partial charge >= 0.3 is 0 Å². The molecule has 4 rings (SSSR count). The number of rotatable bonds is 4. The Morgan fingerprint density at radius 2 is 2.10 bits per heavy atom. The van der Waals surface area contributed by atoms with Gasteiger partial charge in [-0.2, -0.15) is 0 Å². The molecule has 0 bridgehead atoms. The van der Waals surface area contributed by atoms with Crippen molar-refractivity contribution in [1.82, 2.24) is 4.90 Å². The summed E-state index contributed by atoms with van der Waals surface area (Å²) in [6, 6.07) is 5.37. The van der Waals surface area contributed by atoms with Crippen molar-refractivity contribution < 1.29 is 19.0 Å². The van der Waals surface area contributed by atoms with Crippen molar-refractivity contribution in [2.24, 2.45) is 5.92 Å². The van der Waals surface area contributed by atoms with Crippen LogP contribution < -0.4 is 9.47 Å². The average Bonchev–Trinajstić information content (AvgIpc) is 3.03. The maximum absolute atomic E-state index is 12.5. The molecule has 5 heteroatoms. The molecule has 1 saturated heterocycles. The van der Waals surface area contributed by atoms with E-state index in [1.54, 1.807) is 18.2 Å². The molecular formula is C16H19NO4. The number of benzene rings is 1. The molecular weight excluding hydrogens is 270 g/mol. The minimum Gasteiger partial charge on any atom is -0.454 e. The van der Waals surface area contributed by atoms with Gasteiger partial charge in [0.15, 0.2) is 11.5 Å². The lowest BCUT2D eigenvalue weighted by Crippen LogP contribution is -2.30. The standard InChI is InChI=1S/C16H19NO4/c18-16(12-3-4-14-15(7-12)21-10-20-14)17-6-5-13(8-17)19-9-11-1-2-11/h3-4,7,11,13H,1-2,5-6,8-10H2/t13-/m0/s1. The Kier molecular flexibility index (Phi) is 3.22. The Hall–Kier alpha value is -1.75. The molecule has 2 fully saturated rings. The fourth-order valence-electron chi connectivity index (χ4n) is 2.82. The highest BCUT2D eigenvalue weighted by atomic mass is 16.7. The number of amides is 1. The molecule has 1 atom stereocenters. The molecule has 1 saturated carbocycles. The van der Waals surface area contributed by atoms with E-state index in [1.807, 2.05) is 4.90 Å². The van der Waals surface area contributed by atoms with E-state index in [9.17, 15) is 4.79 Å². The van der Waals surface area contributed by atoms with E-state index in [4.69, 9.17) is 14.2 Å². The Morgan fingerprint density at radius 1 is 1.24 bits per heavy atom. The van der Waals surface area contributed by atoms with Crippen LogP contribution in [0.25, 0.3) is 0 Å². The van der Waals surface area contributed by atoms with E-state index < -0.39 is 0 Å². The first-order valence-electron chi connectivity index (χ1n) is 7.60. The normalized spacial score (nSPS) is 23.6. The van der Waals surface area contributed by atoms with E-state index in [1.165, 1.54) is 12.8 Å². The number of hydrogen-bond acceptors (Lipinski definition) is 4. The number of carbonyl (C=O) groups excluding carboxylic acids is 1. The van der Waals surface area contributed by atoms with Crippen LogP contribution in [0, 0.1) is 5.92 Å². The van der Waals surface area contributed by atoms with Gasteiger partial charge in [-0.25, -0.2) is 0 Å². The molecule has 0 aromatic heterocycles. The molecule has 0 spiro atoms. The van der Waals surface area contributed by atoms with Gasteiger partial charge in [-0.05, 0) is 43.4 Å². The fraction of sp³-hybridized carbons (Fsp3) is 0.562. The second-order valence-electron chi connectivity index (χ2n) is 6.01. The largest absolute Gasteiger partial charge is 0.454 e. The maximum Gasteiger partial charge on any atom is 0.254 e. The van der Waals surface area contributed by atoms with Crippen molar-refractivity contribution in [2.45, 2.75) is 25.4 Å². The van der Waals surface area contributed by atoms with Gasteiger partial charge < -0.3 is 19.1 Å². The lowest BCUT2D eigenvalue weighted by molar-refractivity contribution is 0.0480. The SMILES string of the molecule is O=C(c1ccc2c(c1)OCO2)N1CC[C@H](OCC2CC2)C1. The Labute approximate surface area is 123 Å². The van der Waals surface area contributed by atoms with E-state index in [0.717, 1.165) is 25.5 Å². The second-order valence-corrected chi connectivity index (χ2v) is 6.01. The average molecular weight is 289 g/mol. The van der Waals surface area contributed by atoms with Gasteiger partial charge in [-0.3, -0.25) is 4.79 Å². The van der Waals surface area contributed by atoms with Crippen molar-refractivity contribution in [3.8, 4) is 11.5 Å². The highest BCUT2D eigenvalue weighted by Gasteiger charge is 2.30. The van der Waals surface area contributed by atoms with Crippen LogP contribution in [0.5, 0.6) is 11.5 Å². The number of hydrogen-bond donors (Lipinski definition) is 0. The summed E-state index contributed by atoms with van der Waals surface area (Å²) in [6.07, 6.45) is 3.73. The van der Waals surface area contributed by atoms with E-state index in [0.29, 0.717) is 23.6 Å². The quantitative estimate of drug-likeness (QED) is 0.851. The van der Waals surface area contributed by atoms with Crippen molar-refractivity contribution in [3.63, 3.8) is 0 Å². The zero-order chi connectivity index (χ0) is 14.2. The summed E-state index contributed by atoms with van der Waals surface area (Å²) < 4.78 is 16.5. The van der Waals surface area contributed by atoms with Gasteiger partial charge in [0.1, 0.15) is 0 Å². The summed E-state index contributed by atoms with van der Waals surface area (Å²) in [4.78, 5) is 14.4. The van der Waals surface area contributed by atoms with Gasteiger partial charge in [0.25, 0.3) is 5.91 Å². The molecule has 1 aromatic rings.